The highest BCUT2D eigenvalue weighted by Gasteiger charge is 2.39. The Labute approximate surface area is 190 Å². The van der Waals surface area contributed by atoms with Crippen LogP contribution in [0.5, 0.6) is 5.75 Å². The van der Waals surface area contributed by atoms with Crippen LogP contribution in [0.1, 0.15) is 62.5 Å². The smallest absolute Gasteiger partial charge is 0.256 e. The first-order valence-corrected chi connectivity index (χ1v) is 12.1. The van der Waals surface area contributed by atoms with Crippen LogP contribution in [0.4, 0.5) is 4.39 Å². The normalized spacial score (nSPS) is 15.1. The maximum Gasteiger partial charge on any atom is 0.256 e. The zero-order valence-corrected chi connectivity index (χ0v) is 20.3. The molecule has 1 atom stereocenters. The predicted octanol–water partition coefficient (Wildman–Crippen LogP) is 5.93. The van der Waals surface area contributed by atoms with Crippen LogP contribution in [0.2, 0.25) is 0 Å². The number of hydrogen-bond donors (Lipinski definition) is 1. The van der Waals surface area contributed by atoms with Crippen LogP contribution in [0.15, 0.2) is 47.4 Å². The molecule has 1 unspecified atom stereocenters. The van der Waals surface area contributed by atoms with Crippen LogP contribution in [-0.2, 0) is 0 Å². The van der Waals surface area contributed by atoms with Crippen molar-refractivity contribution in [2.24, 2.45) is 0 Å². The fourth-order valence-electron chi connectivity index (χ4n) is 4.10. The first-order valence-electron chi connectivity index (χ1n) is 10.9. The lowest BCUT2D eigenvalue weighted by atomic mass is 9.86. The summed E-state index contributed by atoms with van der Waals surface area (Å²) in [5.74, 6) is -0.426. The number of rotatable bonds is 7. The molecule has 3 rings (SSSR count). The summed E-state index contributed by atoms with van der Waals surface area (Å²) in [7, 11) is 1.46. The van der Waals surface area contributed by atoms with E-state index < -0.39 is 5.82 Å². The molecule has 1 aliphatic rings. The van der Waals surface area contributed by atoms with Gasteiger partial charge in [0.1, 0.15) is 11.6 Å². The minimum atomic E-state index is -0.417. The van der Waals surface area contributed by atoms with Gasteiger partial charge in [0.2, 0.25) is 0 Å². The number of nitrogens with one attached hydrogen (secondary N) is 1. The lowest BCUT2D eigenvalue weighted by Crippen LogP contribution is -2.52. The Hall–Kier alpha value is -2.05. The maximum atomic E-state index is 13.9. The molecule has 0 bridgehead atoms. The molecular formula is C25H35FN2O2S. The summed E-state index contributed by atoms with van der Waals surface area (Å²) in [6, 6.07) is 12.4. The van der Waals surface area contributed by atoms with E-state index in [9.17, 15) is 9.18 Å². The van der Waals surface area contributed by atoms with Crippen molar-refractivity contribution in [3.05, 3.63) is 59.4 Å². The molecule has 4 nitrogen and oxygen atoms in total. The molecule has 0 spiro atoms. The monoisotopic (exact) mass is 446 g/mol. The average molecular weight is 447 g/mol. The standard InChI is InChI=1S/C23H29FN2O2S.C2H6/c1-23(2,26-12-8-9-13-26)21(16-10-6-5-7-11-16)25-22(27)20-18(28-3)14-17(24)15-19(20)29-4;1-2/h5-7,10-11,14-15,21H,8-9,12-13H2,1-4H3,(H,25,27);1-2H3. The minimum absolute atomic E-state index is 0.223. The predicted molar refractivity (Wildman–Crippen MR) is 128 cm³/mol. The summed E-state index contributed by atoms with van der Waals surface area (Å²) in [6.07, 6.45) is 4.16. The molecule has 6 heteroatoms. The van der Waals surface area contributed by atoms with Crippen LogP contribution in [0, 0.1) is 5.82 Å². The van der Waals surface area contributed by atoms with Gasteiger partial charge in [0, 0.05) is 16.5 Å². The van der Waals surface area contributed by atoms with Crippen molar-refractivity contribution in [1.29, 1.82) is 0 Å². The van der Waals surface area contributed by atoms with E-state index in [2.05, 4.69) is 24.1 Å². The van der Waals surface area contributed by atoms with Crippen LogP contribution in [-0.4, -0.2) is 42.8 Å². The molecule has 0 saturated carbocycles. The molecular weight excluding hydrogens is 411 g/mol. The first-order chi connectivity index (χ1) is 14.9. The number of carbonyl (C=O) groups is 1. The molecule has 1 heterocycles. The highest BCUT2D eigenvalue weighted by atomic mass is 32.2. The average Bonchev–Trinajstić information content (AvgIpc) is 3.34. The summed E-state index contributed by atoms with van der Waals surface area (Å²) in [6.45, 7) is 10.4. The van der Waals surface area contributed by atoms with E-state index in [0.29, 0.717) is 10.5 Å². The van der Waals surface area contributed by atoms with Gasteiger partial charge in [-0.3, -0.25) is 9.69 Å². The quantitative estimate of drug-likeness (QED) is 0.536. The zero-order chi connectivity index (χ0) is 23.0. The number of thioether (sulfide) groups is 1. The maximum absolute atomic E-state index is 13.9. The molecule has 0 radical (unpaired) electrons. The van der Waals surface area contributed by atoms with Crippen LogP contribution >= 0.6 is 11.8 Å². The number of likely N-dealkylation sites (tertiary alicyclic amines) is 1. The number of carbonyl (C=O) groups excluding carboxylic acids is 1. The Bertz CT molecular complexity index is 827. The van der Waals surface area contributed by atoms with Gasteiger partial charge in [0.15, 0.2) is 0 Å². The zero-order valence-electron chi connectivity index (χ0n) is 19.5. The minimum Gasteiger partial charge on any atom is -0.496 e. The van der Waals surface area contributed by atoms with Crippen molar-refractivity contribution in [1.82, 2.24) is 10.2 Å². The number of amides is 1. The van der Waals surface area contributed by atoms with E-state index in [-0.39, 0.29) is 23.2 Å². The van der Waals surface area contributed by atoms with E-state index in [1.807, 2.05) is 50.4 Å². The van der Waals surface area contributed by atoms with Crippen molar-refractivity contribution in [2.75, 3.05) is 26.5 Å². The van der Waals surface area contributed by atoms with E-state index in [0.717, 1.165) is 18.7 Å². The largest absolute Gasteiger partial charge is 0.496 e. The molecule has 1 aliphatic heterocycles. The Morgan fingerprint density at radius 2 is 1.77 bits per heavy atom. The van der Waals surface area contributed by atoms with Gasteiger partial charge >= 0.3 is 0 Å². The van der Waals surface area contributed by atoms with Crippen LogP contribution in [0.3, 0.4) is 0 Å². The molecule has 1 amide bonds. The molecule has 2 aromatic rings. The Balaban J connectivity index is 0.00000166. The number of hydrogen-bond acceptors (Lipinski definition) is 4. The van der Waals surface area contributed by atoms with E-state index in [1.165, 1.54) is 43.8 Å². The summed E-state index contributed by atoms with van der Waals surface area (Å²) < 4.78 is 19.3. The second-order valence-electron chi connectivity index (χ2n) is 7.85. The summed E-state index contributed by atoms with van der Waals surface area (Å²) in [5.41, 5.74) is 1.14. The third-order valence-corrected chi connectivity index (χ3v) is 6.50. The Morgan fingerprint density at radius 3 is 2.32 bits per heavy atom. The Morgan fingerprint density at radius 1 is 1.16 bits per heavy atom. The van der Waals surface area contributed by atoms with Crippen molar-refractivity contribution in [3.63, 3.8) is 0 Å². The van der Waals surface area contributed by atoms with Crippen LogP contribution in [0.25, 0.3) is 0 Å². The van der Waals surface area contributed by atoms with Crippen molar-refractivity contribution in [2.45, 2.75) is 57.0 Å². The molecule has 0 aliphatic carbocycles. The molecule has 170 valence electrons. The van der Waals surface area contributed by atoms with Gasteiger partial charge in [0.25, 0.3) is 5.91 Å². The summed E-state index contributed by atoms with van der Waals surface area (Å²) in [4.78, 5) is 16.4. The summed E-state index contributed by atoms with van der Waals surface area (Å²) >= 11 is 1.33. The number of halogens is 1. The van der Waals surface area contributed by atoms with Crippen molar-refractivity contribution >= 4 is 17.7 Å². The lowest BCUT2D eigenvalue weighted by Gasteiger charge is -2.42. The van der Waals surface area contributed by atoms with E-state index in [1.54, 1.807) is 0 Å². The fraction of sp³-hybridized carbons (Fsp3) is 0.480. The lowest BCUT2D eigenvalue weighted by molar-refractivity contribution is 0.0773. The van der Waals surface area contributed by atoms with Crippen molar-refractivity contribution in [3.8, 4) is 5.75 Å². The second-order valence-corrected chi connectivity index (χ2v) is 8.70. The van der Waals surface area contributed by atoms with Gasteiger partial charge < -0.3 is 10.1 Å². The van der Waals surface area contributed by atoms with Gasteiger partial charge in [-0.05, 0) is 57.7 Å². The van der Waals surface area contributed by atoms with Gasteiger partial charge in [-0.1, -0.05) is 44.2 Å². The highest BCUT2D eigenvalue weighted by molar-refractivity contribution is 7.98. The first kappa shape index (κ1) is 25.2. The highest BCUT2D eigenvalue weighted by Crippen LogP contribution is 2.36. The number of benzene rings is 2. The Kier molecular flexibility index (Phi) is 9.38. The fourth-order valence-corrected chi connectivity index (χ4v) is 4.72. The SMILES string of the molecule is CC.COc1cc(F)cc(SC)c1C(=O)NC(c1ccccc1)C(C)(C)N1CCCC1. The molecule has 1 N–H and O–H groups in total. The molecule has 0 aromatic heterocycles. The third kappa shape index (κ3) is 5.80. The third-order valence-electron chi connectivity index (χ3n) is 5.73. The van der Waals surface area contributed by atoms with Gasteiger partial charge in [-0.25, -0.2) is 4.39 Å². The molecule has 1 saturated heterocycles. The topological polar surface area (TPSA) is 41.6 Å². The van der Waals surface area contributed by atoms with Gasteiger partial charge in [-0.2, -0.15) is 0 Å². The summed E-state index contributed by atoms with van der Waals surface area (Å²) in [5, 5.41) is 3.24. The molecule has 31 heavy (non-hydrogen) atoms. The molecule has 2 aromatic carbocycles. The number of ether oxygens (including phenoxy) is 1. The number of nitrogens with zero attached hydrogens (tertiary/aromatic N) is 1. The van der Waals surface area contributed by atoms with Crippen molar-refractivity contribution < 1.29 is 13.9 Å². The van der Waals surface area contributed by atoms with E-state index in [4.69, 9.17) is 4.74 Å². The number of methoxy groups -OCH3 is 1. The van der Waals surface area contributed by atoms with Gasteiger partial charge in [-0.15, -0.1) is 11.8 Å². The van der Waals surface area contributed by atoms with E-state index >= 15 is 0 Å². The van der Waals surface area contributed by atoms with Gasteiger partial charge in [0.05, 0.1) is 18.7 Å². The second kappa shape index (κ2) is 11.5. The molecule has 1 fully saturated rings. The van der Waals surface area contributed by atoms with Crippen LogP contribution < -0.4 is 10.1 Å².